The topological polar surface area (TPSA) is 105 Å². The Morgan fingerprint density at radius 2 is 1.36 bits per heavy atom. The second kappa shape index (κ2) is 18.3. The molecule has 308 valence electrons. The summed E-state index contributed by atoms with van der Waals surface area (Å²) in [6.07, 6.45) is 3.05. The lowest BCUT2D eigenvalue weighted by Gasteiger charge is -2.44. The molecule has 1 fully saturated rings. The van der Waals surface area contributed by atoms with Crippen molar-refractivity contribution in [3.8, 4) is 0 Å². The third-order valence-corrected chi connectivity index (χ3v) is 21.4. The average Bonchev–Trinajstić information content (AvgIpc) is 3.70. The van der Waals surface area contributed by atoms with E-state index >= 15 is 0 Å². The molecule has 1 aliphatic heterocycles. The number of hydrogen-bond acceptors (Lipinski definition) is 9. The zero-order valence-electron chi connectivity index (χ0n) is 36.5. The molecule has 0 radical (unpaired) electrons. The maximum Gasteiger partial charge on any atom is 0.192 e. The molecule has 0 bridgehead atoms. The van der Waals surface area contributed by atoms with Crippen LogP contribution >= 0.6 is 0 Å². The fourth-order valence-electron chi connectivity index (χ4n) is 6.88. The van der Waals surface area contributed by atoms with E-state index in [0.717, 1.165) is 25.2 Å². The first-order valence-electron chi connectivity index (χ1n) is 20.7. The highest BCUT2D eigenvalue weighted by Gasteiger charge is 2.54. The molecule has 12 heteroatoms. The number of aromatic nitrogens is 4. The van der Waals surface area contributed by atoms with Gasteiger partial charge in [0.1, 0.15) is 24.1 Å². The average molecular weight is 803 g/mol. The molecule has 0 aliphatic carbocycles. The molecule has 1 saturated heterocycles. The maximum atomic E-state index is 7.39. The summed E-state index contributed by atoms with van der Waals surface area (Å²) in [4.78, 5) is 15.4. The van der Waals surface area contributed by atoms with Crippen molar-refractivity contribution < 1.29 is 18.3 Å². The second-order valence-electron chi connectivity index (χ2n) is 18.5. The molecule has 0 saturated carbocycles. The first-order chi connectivity index (χ1) is 26.4. The first kappa shape index (κ1) is 44.1. The van der Waals surface area contributed by atoms with E-state index in [-0.39, 0.29) is 28.2 Å². The van der Waals surface area contributed by atoms with Crippen molar-refractivity contribution in [1.29, 1.82) is 0 Å². The van der Waals surface area contributed by atoms with E-state index in [2.05, 4.69) is 157 Å². The minimum Gasteiger partial charge on any atom is -0.408 e. The predicted molar refractivity (Wildman–Crippen MR) is 235 cm³/mol. The molecule has 3 heterocycles. The number of rotatable bonds is 18. The Hall–Kier alpha value is -2.98. The molecule has 0 spiro atoms. The Morgan fingerprint density at radius 3 is 1.88 bits per heavy atom. The van der Waals surface area contributed by atoms with Crippen LogP contribution < -0.4 is 10.6 Å². The van der Waals surface area contributed by atoms with Crippen molar-refractivity contribution in [2.75, 3.05) is 32.1 Å². The molecule has 5 rings (SSSR count). The van der Waals surface area contributed by atoms with Crippen LogP contribution in [0.2, 0.25) is 36.3 Å². The van der Waals surface area contributed by atoms with Crippen molar-refractivity contribution in [3.63, 3.8) is 0 Å². The standard InChI is InChI=1S/C44H70N6O4Si2/c1-14-33(15-2)45-27-26-36-48-40(46-28-34(31-22-18-16-19-23-31)32-24-20-17-21-25-32)37-41(49-36)50(30-47-37)42-39(54-56(12,13)44(6,7)8)38(35(52-42)29-51-9)53-55(10,11)43(3,4)5/h16-25,30,33-35,38-39,42,45H,14-15,26-29H2,1-13H3,(H,46,48,49). The van der Waals surface area contributed by atoms with E-state index < -0.39 is 29.0 Å². The fourth-order valence-corrected chi connectivity index (χ4v) is 9.48. The molecule has 2 aromatic heterocycles. The normalized spacial score (nSPS) is 19.8. The van der Waals surface area contributed by atoms with Gasteiger partial charge in [-0.25, -0.2) is 15.0 Å². The smallest absolute Gasteiger partial charge is 0.192 e. The van der Waals surface area contributed by atoms with Crippen molar-refractivity contribution in [2.45, 2.75) is 147 Å². The summed E-state index contributed by atoms with van der Waals surface area (Å²) >= 11 is 0. The number of imidazole rings is 1. The molecule has 10 nitrogen and oxygen atoms in total. The molecule has 56 heavy (non-hydrogen) atoms. The largest absolute Gasteiger partial charge is 0.408 e. The van der Waals surface area contributed by atoms with E-state index in [1.54, 1.807) is 7.11 Å². The summed E-state index contributed by atoms with van der Waals surface area (Å²) in [6.45, 7) is 29.1. The fraction of sp³-hybridized carbons (Fsp3) is 0.614. The lowest BCUT2D eigenvalue weighted by Crippen LogP contribution is -2.54. The highest BCUT2D eigenvalue weighted by atomic mass is 28.4. The van der Waals surface area contributed by atoms with Crippen molar-refractivity contribution in [2.24, 2.45) is 0 Å². The summed E-state index contributed by atoms with van der Waals surface area (Å²) in [6, 6.07) is 21.8. The summed E-state index contributed by atoms with van der Waals surface area (Å²) in [7, 11) is -2.87. The Balaban J connectivity index is 1.61. The van der Waals surface area contributed by atoms with E-state index in [4.69, 9.17) is 33.3 Å². The molecule has 0 amide bonds. The summed E-state index contributed by atoms with van der Waals surface area (Å²) < 4.78 is 29.6. The number of anilines is 1. The van der Waals surface area contributed by atoms with Gasteiger partial charge in [0.25, 0.3) is 0 Å². The Kier molecular flexibility index (Phi) is 14.4. The number of nitrogens with one attached hydrogen (secondary N) is 2. The zero-order valence-corrected chi connectivity index (χ0v) is 38.5. The van der Waals surface area contributed by atoms with Crippen LogP contribution in [0.15, 0.2) is 67.0 Å². The van der Waals surface area contributed by atoms with Gasteiger partial charge in [-0.3, -0.25) is 4.57 Å². The first-order valence-corrected chi connectivity index (χ1v) is 26.5. The van der Waals surface area contributed by atoms with Crippen LogP contribution in [0.4, 0.5) is 5.82 Å². The number of methoxy groups -OCH3 is 1. The summed E-state index contributed by atoms with van der Waals surface area (Å²) in [5.41, 5.74) is 3.89. The second-order valence-corrected chi connectivity index (χ2v) is 28.0. The lowest BCUT2D eigenvalue weighted by atomic mass is 9.91. The van der Waals surface area contributed by atoms with E-state index in [1.807, 2.05) is 6.33 Å². The molecule has 1 aliphatic rings. The predicted octanol–water partition coefficient (Wildman–Crippen LogP) is 9.72. The molecule has 4 atom stereocenters. The number of ether oxygens (including phenoxy) is 2. The Morgan fingerprint density at radius 1 is 0.804 bits per heavy atom. The van der Waals surface area contributed by atoms with Gasteiger partial charge in [-0.2, -0.15) is 0 Å². The Labute approximate surface area is 339 Å². The van der Waals surface area contributed by atoms with Gasteiger partial charge in [0, 0.05) is 38.6 Å². The third-order valence-electron chi connectivity index (χ3n) is 12.5. The molecule has 2 aromatic carbocycles. The zero-order chi connectivity index (χ0) is 40.9. The van der Waals surface area contributed by atoms with Crippen LogP contribution in [0.3, 0.4) is 0 Å². The van der Waals surface area contributed by atoms with Crippen molar-refractivity contribution >= 4 is 33.6 Å². The summed E-state index contributed by atoms with van der Waals surface area (Å²) in [5.74, 6) is 1.57. The molecule has 4 aromatic rings. The van der Waals surface area contributed by atoms with Gasteiger partial charge in [-0.05, 0) is 60.2 Å². The molecular formula is C44H70N6O4Si2. The highest BCUT2D eigenvalue weighted by Crippen LogP contribution is 2.46. The van der Waals surface area contributed by atoms with E-state index in [0.29, 0.717) is 42.6 Å². The maximum absolute atomic E-state index is 7.39. The number of hydrogen-bond donors (Lipinski definition) is 2. The number of fused-ring (bicyclic) bond motifs is 1. The van der Waals surface area contributed by atoms with Gasteiger partial charge >= 0.3 is 0 Å². The minimum absolute atomic E-state index is 0.00537. The monoisotopic (exact) mass is 802 g/mol. The minimum atomic E-state index is -2.33. The van der Waals surface area contributed by atoms with Crippen LogP contribution in [0.5, 0.6) is 0 Å². The SMILES string of the molecule is CCC(CC)NCCc1nc(NCC(c2ccccc2)c2ccccc2)c2ncn(C3OC(COC)C(O[Si](C)(C)C(C)(C)C)C3O[Si](C)(C)C(C)(C)C)c2n1. The van der Waals surface area contributed by atoms with E-state index in [1.165, 1.54) is 11.1 Å². The van der Waals surface area contributed by atoms with Gasteiger partial charge < -0.3 is 29.0 Å². The van der Waals surface area contributed by atoms with Gasteiger partial charge in [0.15, 0.2) is 39.8 Å². The molecule has 2 N–H and O–H groups in total. The van der Waals surface area contributed by atoms with Crippen molar-refractivity contribution in [1.82, 2.24) is 24.8 Å². The number of benzene rings is 2. The van der Waals surface area contributed by atoms with Gasteiger partial charge in [0.05, 0.1) is 12.9 Å². The van der Waals surface area contributed by atoms with Crippen LogP contribution in [0.25, 0.3) is 11.2 Å². The third kappa shape index (κ3) is 10.2. The summed E-state index contributed by atoms with van der Waals surface area (Å²) in [5, 5.41) is 7.43. The van der Waals surface area contributed by atoms with Gasteiger partial charge in [-0.15, -0.1) is 0 Å². The van der Waals surface area contributed by atoms with Crippen LogP contribution in [-0.4, -0.2) is 87.3 Å². The van der Waals surface area contributed by atoms with Gasteiger partial charge in [-0.1, -0.05) is 116 Å². The Bertz CT molecular complexity index is 1780. The van der Waals surface area contributed by atoms with Gasteiger partial charge in [0.2, 0.25) is 0 Å². The quantitative estimate of drug-likeness (QED) is 0.0952. The lowest BCUT2D eigenvalue weighted by molar-refractivity contribution is -0.0562. The van der Waals surface area contributed by atoms with Crippen molar-refractivity contribution in [3.05, 3.63) is 83.9 Å². The highest BCUT2D eigenvalue weighted by molar-refractivity contribution is 6.74. The van der Waals surface area contributed by atoms with Crippen LogP contribution in [-0.2, 0) is 24.7 Å². The molecular weight excluding hydrogens is 733 g/mol. The molecule has 4 unspecified atom stereocenters. The van der Waals surface area contributed by atoms with E-state index in [9.17, 15) is 0 Å². The van der Waals surface area contributed by atoms with Crippen LogP contribution in [0, 0.1) is 0 Å². The number of nitrogens with zero attached hydrogens (tertiary/aromatic N) is 4. The van der Waals surface area contributed by atoms with Crippen LogP contribution in [0.1, 0.15) is 97.3 Å².